The molecule has 1 N–H and O–H groups in total. The van der Waals surface area contributed by atoms with Crippen molar-refractivity contribution in [1.29, 1.82) is 0 Å². The summed E-state index contributed by atoms with van der Waals surface area (Å²) < 4.78 is 45.7. The lowest BCUT2D eigenvalue weighted by molar-refractivity contribution is -0.138. The van der Waals surface area contributed by atoms with Crippen molar-refractivity contribution in [2.45, 2.75) is 44.5 Å². The average Bonchev–Trinajstić information content (AvgIpc) is 3.18. The molecular formula is C28H24Cl2F3NO4. The van der Waals surface area contributed by atoms with Crippen molar-refractivity contribution in [3.05, 3.63) is 98.5 Å². The van der Waals surface area contributed by atoms with Gasteiger partial charge in [-0.3, -0.25) is 9.59 Å². The summed E-state index contributed by atoms with van der Waals surface area (Å²) in [4.78, 5) is 25.9. The molecule has 200 valence electrons. The van der Waals surface area contributed by atoms with Crippen molar-refractivity contribution in [3.63, 3.8) is 0 Å². The number of ether oxygens (including phenoxy) is 1. The normalized spacial score (nSPS) is 16.6. The Morgan fingerprint density at radius 2 is 1.82 bits per heavy atom. The summed E-state index contributed by atoms with van der Waals surface area (Å²) in [6, 6.07) is 14.9. The number of benzene rings is 3. The van der Waals surface area contributed by atoms with Crippen molar-refractivity contribution in [1.82, 2.24) is 4.90 Å². The second-order valence-electron chi connectivity index (χ2n) is 9.51. The van der Waals surface area contributed by atoms with E-state index in [1.807, 2.05) is 19.1 Å². The van der Waals surface area contributed by atoms with E-state index < -0.39 is 29.2 Å². The molecule has 0 aromatic heterocycles. The Labute approximate surface area is 227 Å². The maximum absolute atomic E-state index is 13.4. The Bertz CT molecular complexity index is 1380. The van der Waals surface area contributed by atoms with Crippen LogP contribution in [0.2, 0.25) is 10.0 Å². The molecule has 1 heterocycles. The smallest absolute Gasteiger partial charge is 0.416 e. The lowest BCUT2D eigenvalue weighted by Crippen LogP contribution is -2.33. The van der Waals surface area contributed by atoms with Crippen LogP contribution < -0.4 is 4.74 Å². The molecule has 5 nitrogen and oxygen atoms in total. The van der Waals surface area contributed by atoms with E-state index >= 15 is 0 Å². The van der Waals surface area contributed by atoms with Gasteiger partial charge in [-0.2, -0.15) is 13.2 Å². The molecule has 3 aromatic rings. The molecule has 1 atom stereocenters. The van der Waals surface area contributed by atoms with Crippen LogP contribution in [0.4, 0.5) is 13.2 Å². The molecule has 0 saturated heterocycles. The lowest BCUT2D eigenvalue weighted by Gasteiger charge is -2.24. The average molecular weight is 566 g/mol. The molecule has 0 radical (unpaired) electrons. The fourth-order valence-corrected chi connectivity index (χ4v) is 4.96. The van der Waals surface area contributed by atoms with E-state index in [0.717, 1.165) is 23.3 Å². The molecule has 38 heavy (non-hydrogen) atoms. The molecule has 1 amide bonds. The Morgan fingerprint density at radius 3 is 2.53 bits per heavy atom. The molecular weight excluding hydrogens is 542 g/mol. The van der Waals surface area contributed by atoms with Gasteiger partial charge < -0.3 is 14.7 Å². The molecule has 4 rings (SSSR count). The van der Waals surface area contributed by atoms with Gasteiger partial charge in [-0.1, -0.05) is 47.5 Å². The van der Waals surface area contributed by atoms with E-state index in [0.29, 0.717) is 28.6 Å². The number of halogens is 5. The summed E-state index contributed by atoms with van der Waals surface area (Å²) in [5.41, 5.74) is 0.665. The van der Waals surface area contributed by atoms with Gasteiger partial charge >= 0.3 is 12.1 Å². The minimum Gasteiger partial charge on any atom is -0.487 e. The van der Waals surface area contributed by atoms with Gasteiger partial charge in [-0.25, -0.2) is 0 Å². The van der Waals surface area contributed by atoms with E-state index in [2.05, 4.69) is 0 Å². The summed E-state index contributed by atoms with van der Waals surface area (Å²) in [6.07, 6.45) is -3.93. The third-order valence-electron chi connectivity index (χ3n) is 6.33. The number of hydrogen-bond donors (Lipinski definition) is 1. The first-order valence-electron chi connectivity index (χ1n) is 11.8. The van der Waals surface area contributed by atoms with E-state index in [4.69, 9.17) is 33.0 Å². The van der Waals surface area contributed by atoms with Gasteiger partial charge in [0.2, 0.25) is 0 Å². The van der Waals surface area contributed by atoms with Crippen LogP contribution in [0.3, 0.4) is 0 Å². The number of rotatable bonds is 8. The number of nitrogens with zero attached hydrogens (tertiary/aromatic N) is 1. The third kappa shape index (κ3) is 6.42. The molecule has 0 fully saturated rings. The highest BCUT2D eigenvalue weighted by Crippen LogP contribution is 2.39. The van der Waals surface area contributed by atoms with Crippen molar-refractivity contribution >= 4 is 35.1 Å². The SMILES string of the molecule is C[C@]1(Cc2cccc(Cl)c2Cl)Cc2cc(C(=O)N(CCC(=O)O)Cc3cccc(C(F)(F)F)c3)ccc2O1. The van der Waals surface area contributed by atoms with Crippen molar-refractivity contribution in [2.75, 3.05) is 6.54 Å². The van der Waals surface area contributed by atoms with Gasteiger partial charge in [0.15, 0.2) is 0 Å². The molecule has 0 saturated carbocycles. The number of aliphatic carboxylic acids is 1. The zero-order valence-corrected chi connectivity index (χ0v) is 21.8. The quantitative estimate of drug-likeness (QED) is 0.317. The first kappa shape index (κ1) is 27.8. The van der Waals surface area contributed by atoms with Gasteiger partial charge in [0.1, 0.15) is 11.4 Å². The maximum atomic E-state index is 13.4. The fraction of sp³-hybridized carbons (Fsp3) is 0.286. The Balaban J connectivity index is 1.55. The molecule has 1 aliphatic heterocycles. The Kier molecular flexibility index (Phi) is 7.95. The van der Waals surface area contributed by atoms with Crippen LogP contribution in [-0.4, -0.2) is 34.0 Å². The molecule has 0 spiro atoms. The largest absolute Gasteiger partial charge is 0.487 e. The minimum absolute atomic E-state index is 0.164. The second kappa shape index (κ2) is 10.9. The van der Waals surface area contributed by atoms with Crippen LogP contribution in [0.25, 0.3) is 0 Å². The highest BCUT2D eigenvalue weighted by atomic mass is 35.5. The van der Waals surface area contributed by atoms with E-state index in [1.54, 1.807) is 24.3 Å². The van der Waals surface area contributed by atoms with Crippen molar-refractivity contribution in [2.24, 2.45) is 0 Å². The van der Waals surface area contributed by atoms with Gasteiger partial charge in [0, 0.05) is 31.5 Å². The molecule has 1 aliphatic rings. The van der Waals surface area contributed by atoms with E-state index in [9.17, 15) is 22.8 Å². The fourth-order valence-electron chi connectivity index (χ4n) is 4.57. The standard InChI is InChI=1S/C28H24Cl2F3NO4/c1-27(14-19-5-3-7-22(29)25(19)30)15-20-13-18(8-9-23(20)38-27)26(37)34(11-10-24(35)36)16-17-4-2-6-21(12-17)28(31,32)33/h2-9,12-13H,10-11,14-16H2,1H3,(H,35,36)/t27-/m0/s1. The first-order chi connectivity index (χ1) is 17.8. The van der Waals surface area contributed by atoms with Crippen molar-refractivity contribution < 1.29 is 32.6 Å². The number of carboxylic acid groups (broad SMARTS) is 1. The Hall–Kier alpha value is -3.23. The summed E-state index contributed by atoms with van der Waals surface area (Å²) in [5.74, 6) is -1.00. The minimum atomic E-state index is -4.53. The molecule has 0 aliphatic carbocycles. The van der Waals surface area contributed by atoms with Gasteiger partial charge in [0.25, 0.3) is 5.91 Å². The summed E-state index contributed by atoms with van der Waals surface area (Å²) in [7, 11) is 0. The number of amides is 1. The van der Waals surface area contributed by atoms with Crippen LogP contribution >= 0.6 is 23.2 Å². The summed E-state index contributed by atoms with van der Waals surface area (Å²) in [6.45, 7) is 1.59. The summed E-state index contributed by atoms with van der Waals surface area (Å²) >= 11 is 12.5. The zero-order chi connectivity index (χ0) is 27.7. The number of hydrogen-bond acceptors (Lipinski definition) is 3. The predicted molar refractivity (Wildman–Crippen MR) is 138 cm³/mol. The summed E-state index contributed by atoms with van der Waals surface area (Å²) in [5, 5.41) is 10.0. The van der Waals surface area contributed by atoms with Crippen LogP contribution in [0.15, 0.2) is 60.7 Å². The van der Waals surface area contributed by atoms with Gasteiger partial charge in [0.05, 0.1) is 22.0 Å². The molecule has 0 bridgehead atoms. The van der Waals surface area contributed by atoms with Crippen LogP contribution in [0.5, 0.6) is 5.75 Å². The monoisotopic (exact) mass is 565 g/mol. The van der Waals surface area contributed by atoms with Crippen LogP contribution in [0.1, 0.15) is 46.0 Å². The lowest BCUT2D eigenvalue weighted by atomic mass is 9.91. The van der Waals surface area contributed by atoms with Gasteiger partial charge in [-0.15, -0.1) is 0 Å². The predicted octanol–water partition coefficient (Wildman–Crippen LogP) is 7.07. The third-order valence-corrected chi connectivity index (χ3v) is 7.19. The van der Waals surface area contributed by atoms with E-state index in [-0.39, 0.29) is 30.6 Å². The number of fused-ring (bicyclic) bond motifs is 1. The van der Waals surface area contributed by atoms with Gasteiger partial charge in [-0.05, 0) is 60.0 Å². The second-order valence-corrected chi connectivity index (χ2v) is 10.3. The molecule has 3 aromatic carbocycles. The topological polar surface area (TPSA) is 66.8 Å². The number of alkyl halides is 3. The molecule has 0 unspecified atom stereocenters. The number of carboxylic acids is 1. The maximum Gasteiger partial charge on any atom is 0.416 e. The van der Waals surface area contributed by atoms with Crippen molar-refractivity contribution in [3.8, 4) is 5.75 Å². The Morgan fingerprint density at radius 1 is 1.08 bits per heavy atom. The highest BCUT2D eigenvalue weighted by molar-refractivity contribution is 6.42. The van der Waals surface area contributed by atoms with Crippen LogP contribution in [0, 0.1) is 0 Å². The number of carbonyl (C=O) groups is 2. The van der Waals surface area contributed by atoms with E-state index in [1.165, 1.54) is 17.0 Å². The first-order valence-corrected chi connectivity index (χ1v) is 12.5. The van der Waals surface area contributed by atoms with Crippen LogP contribution in [-0.2, 0) is 30.4 Å². The highest BCUT2D eigenvalue weighted by Gasteiger charge is 2.36. The zero-order valence-electron chi connectivity index (χ0n) is 20.3. The molecule has 10 heteroatoms. The number of carbonyl (C=O) groups excluding carboxylic acids is 1.